The normalized spacial score (nSPS) is 16.8. The summed E-state index contributed by atoms with van der Waals surface area (Å²) < 4.78 is 13.8. The monoisotopic (exact) mass is 351 g/mol. The van der Waals surface area contributed by atoms with Gasteiger partial charge >= 0.3 is 0 Å². The molecule has 0 saturated heterocycles. The second kappa shape index (κ2) is 5.58. The van der Waals surface area contributed by atoms with E-state index in [1.807, 2.05) is 24.3 Å². The highest BCUT2D eigenvalue weighted by Crippen LogP contribution is 2.37. The lowest BCUT2D eigenvalue weighted by atomic mass is 10.1. The lowest BCUT2D eigenvalue weighted by Gasteiger charge is -2.10. The summed E-state index contributed by atoms with van der Waals surface area (Å²) in [5.74, 6) is -0.474. The van der Waals surface area contributed by atoms with E-state index in [2.05, 4.69) is 21.2 Å². The van der Waals surface area contributed by atoms with Crippen LogP contribution in [0.3, 0.4) is 0 Å². The number of nitrogens with one attached hydrogen (secondary N) is 1. The molecule has 2 aromatic carbocycles. The molecule has 0 bridgehead atoms. The van der Waals surface area contributed by atoms with Gasteiger partial charge in [0.15, 0.2) is 0 Å². The summed E-state index contributed by atoms with van der Waals surface area (Å²) in [4.78, 5) is 13.4. The van der Waals surface area contributed by atoms with Gasteiger partial charge in [0.05, 0.1) is 9.72 Å². The molecule has 5 heteroatoms. The van der Waals surface area contributed by atoms with E-state index in [0.29, 0.717) is 16.6 Å². The van der Waals surface area contributed by atoms with E-state index in [1.165, 1.54) is 11.6 Å². The van der Waals surface area contributed by atoms with Gasteiger partial charge in [-0.1, -0.05) is 18.2 Å². The van der Waals surface area contributed by atoms with Crippen molar-refractivity contribution in [2.75, 3.05) is 5.32 Å². The molecular formula is C15H11BrFNOS. The fourth-order valence-electron chi connectivity index (χ4n) is 2.12. The highest BCUT2D eigenvalue weighted by molar-refractivity contribution is 9.10. The Balaban J connectivity index is 1.71. The highest BCUT2D eigenvalue weighted by atomic mass is 79.9. The summed E-state index contributed by atoms with van der Waals surface area (Å²) in [5.41, 5.74) is 1.67. The van der Waals surface area contributed by atoms with E-state index in [9.17, 15) is 9.18 Å². The largest absolute Gasteiger partial charge is 0.325 e. The summed E-state index contributed by atoms with van der Waals surface area (Å²) in [6, 6.07) is 12.6. The van der Waals surface area contributed by atoms with Gasteiger partial charge in [0.25, 0.3) is 0 Å². The Hall–Kier alpha value is -1.33. The molecule has 0 spiro atoms. The van der Waals surface area contributed by atoms with Crippen LogP contribution in [0.1, 0.15) is 5.56 Å². The Morgan fingerprint density at radius 1 is 1.30 bits per heavy atom. The van der Waals surface area contributed by atoms with Gasteiger partial charge in [0.1, 0.15) is 5.82 Å². The molecule has 102 valence electrons. The van der Waals surface area contributed by atoms with Crippen LogP contribution < -0.4 is 5.32 Å². The minimum Gasteiger partial charge on any atom is -0.325 e. The van der Waals surface area contributed by atoms with Gasteiger partial charge in [-0.05, 0) is 52.2 Å². The van der Waals surface area contributed by atoms with Gasteiger partial charge in [-0.2, -0.15) is 0 Å². The van der Waals surface area contributed by atoms with E-state index in [1.54, 1.807) is 23.9 Å². The topological polar surface area (TPSA) is 29.1 Å². The zero-order valence-corrected chi connectivity index (χ0v) is 12.8. The molecule has 1 heterocycles. The van der Waals surface area contributed by atoms with Gasteiger partial charge in [-0.15, -0.1) is 11.8 Å². The number of rotatable bonds is 2. The number of hydrogen-bond acceptors (Lipinski definition) is 2. The first-order chi connectivity index (χ1) is 9.63. The first kappa shape index (κ1) is 13.6. The Morgan fingerprint density at radius 3 is 2.85 bits per heavy atom. The third kappa shape index (κ3) is 2.74. The summed E-state index contributed by atoms with van der Waals surface area (Å²) in [5, 5.41) is 2.61. The number of benzene rings is 2. The maximum absolute atomic E-state index is 13.4. The summed E-state index contributed by atoms with van der Waals surface area (Å²) >= 11 is 4.65. The van der Waals surface area contributed by atoms with Crippen LogP contribution in [0.2, 0.25) is 0 Å². The molecule has 0 radical (unpaired) electrons. The van der Waals surface area contributed by atoms with E-state index >= 15 is 0 Å². The number of halogens is 2. The summed E-state index contributed by atoms with van der Waals surface area (Å²) in [6.07, 6.45) is 0.714. The molecule has 1 N–H and O–H groups in total. The third-order valence-electron chi connectivity index (χ3n) is 3.13. The Labute approximate surface area is 128 Å². The van der Waals surface area contributed by atoms with Crippen molar-refractivity contribution < 1.29 is 9.18 Å². The van der Waals surface area contributed by atoms with Crippen molar-refractivity contribution in [1.29, 1.82) is 0 Å². The molecule has 1 unspecified atom stereocenters. The first-order valence-electron chi connectivity index (χ1n) is 6.14. The molecule has 0 aliphatic carbocycles. The van der Waals surface area contributed by atoms with E-state index < -0.39 is 0 Å². The fourth-order valence-corrected chi connectivity index (χ4v) is 3.57. The predicted molar refractivity (Wildman–Crippen MR) is 82.5 cm³/mol. The Morgan fingerprint density at radius 2 is 2.10 bits per heavy atom. The van der Waals surface area contributed by atoms with Crippen LogP contribution in [0.5, 0.6) is 0 Å². The van der Waals surface area contributed by atoms with Crippen molar-refractivity contribution in [2.24, 2.45) is 0 Å². The van der Waals surface area contributed by atoms with Crippen LogP contribution in [0.4, 0.5) is 10.1 Å². The third-order valence-corrected chi connectivity index (χ3v) is 5.09. The second-order valence-electron chi connectivity index (χ2n) is 4.54. The van der Waals surface area contributed by atoms with Gasteiger partial charge < -0.3 is 5.32 Å². The maximum Gasteiger partial charge on any atom is 0.238 e. The smallest absolute Gasteiger partial charge is 0.238 e. The molecular weight excluding hydrogens is 341 g/mol. The first-order valence-corrected chi connectivity index (χ1v) is 7.81. The molecule has 0 saturated carbocycles. The van der Waals surface area contributed by atoms with Crippen molar-refractivity contribution in [1.82, 2.24) is 0 Å². The van der Waals surface area contributed by atoms with Crippen LogP contribution in [-0.4, -0.2) is 11.2 Å². The van der Waals surface area contributed by atoms with E-state index in [-0.39, 0.29) is 17.0 Å². The van der Waals surface area contributed by atoms with Crippen molar-refractivity contribution >= 4 is 39.3 Å². The fraction of sp³-hybridized carbons (Fsp3) is 0.133. The number of fused-ring (bicyclic) bond motifs is 1. The van der Waals surface area contributed by atoms with Gasteiger partial charge in [0, 0.05) is 10.6 Å². The summed E-state index contributed by atoms with van der Waals surface area (Å²) in [7, 11) is 0. The van der Waals surface area contributed by atoms with Crippen LogP contribution >= 0.6 is 27.7 Å². The molecule has 1 aliphatic rings. The molecule has 0 fully saturated rings. The Bertz CT molecular complexity index is 652. The number of hydrogen-bond donors (Lipinski definition) is 1. The molecule has 0 aromatic heterocycles. The van der Waals surface area contributed by atoms with Crippen molar-refractivity contribution in [2.45, 2.75) is 16.6 Å². The average Bonchev–Trinajstić information content (AvgIpc) is 2.87. The zero-order valence-electron chi connectivity index (χ0n) is 10.4. The summed E-state index contributed by atoms with van der Waals surface area (Å²) in [6.45, 7) is 0. The van der Waals surface area contributed by atoms with Crippen LogP contribution in [0.15, 0.2) is 51.8 Å². The quantitative estimate of drug-likeness (QED) is 0.876. The van der Waals surface area contributed by atoms with Gasteiger partial charge in [-0.25, -0.2) is 4.39 Å². The van der Waals surface area contributed by atoms with Crippen molar-refractivity contribution in [3.63, 3.8) is 0 Å². The minimum absolute atomic E-state index is 0.0899. The molecule has 2 nitrogen and oxygen atoms in total. The molecule has 1 amide bonds. The highest BCUT2D eigenvalue weighted by Gasteiger charge is 2.28. The SMILES string of the molecule is O=C(Nc1ccc(Br)c(F)c1)C1Cc2ccccc2S1. The molecule has 20 heavy (non-hydrogen) atoms. The second-order valence-corrected chi connectivity index (χ2v) is 6.64. The number of carbonyl (C=O) groups is 1. The van der Waals surface area contributed by atoms with Crippen LogP contribution in [0, 0.1) is 5.82 Å². The van der Waals surface area contributed by atoms with Crippen molar-refractivity contribution in [3.8, 4) is 0 Å². The number of amides is 1. The Kier molecular flexibility index (Phi) is 3.81. The maximum atomic E-state index is 13.4. The number of carbonyl (C=O) groups excluding carboxylic acids is 1. The minimum atomic E-state index is -0.384. The molecule has 1 atom stereocenters. The molecule has 3 rings (SSSR count). The van der Waals surface area contributed by atoms with E-state index in [4.69, 9.17) is 0 Å². The average molecular weight is 352 g/mol. The predicted octanol–water partition coefficient (Wildman–Crippen LogP) is 4.24. The van der Waals surface area contributed by atoms with E-state index in [0.717, 1.165) is 4.90 Å². The van der Waals surface area contributed by atoms with Gasteiger partial charge in [0.2, 0.25) is 5.91 Å². The zero-order chi connectivity index (χ0) is 14.1. The van der Waals surface area contributed by atoms with Crippen LogP contribution in [-0.2, 0) is 11.2 Å². The number of thioether (sulfide) groups is 1. The molecule has 2 aromatic rings. The lowest BCUT2D eigenvalue weighted by molar-refractivity contribution is -0.115. The van der Waals surface area contributed by atoms with Gasteiger partial charge in [-0.3, -0.25) is 4.79 Å². The lowest BCUT2D eigenvalue weighted by Crippen LogP contribution is -2.24. The molecule has 1 aliphatic heterocycles. The van der Waals surface area contributed by atoms with Crippen molar-refractivity contribution in [3.05, 3.63) is 58.3 Å². The van der Waals surface area contributed by atoms with Crippen LogP contribution in [0.25, 0.3) is 0 Å². The number of anilines is 1. The standard InChI is InChI=1S/C15H11BrFNOS/c16-11-6-5-10(8-12(11)17)18-15(19)14-7-9-3-1-2-4-13(9)20-14/h1-6,8,14H,7H2,(H,18,19).